The van der Waals surface area contributed by atoms with Gasteiger partial charge < -0.3 is 5.73 Å². The largest absolute Gasteiger partial charge is 0.401 e. The molecule has 7 heteroatoms. The predicted molar refractivity (Wildman–Crippen MR) is 80.1 cm³/mol. The number of benzene rings is 1. The summed E-state index contributed by atoms with van der Waals surface area (Å²) in [5.74, 6) is 0. The smallest absolute Gasteiger partial charge is 0.389 e. The van der Waals surface area contributed by atoms with E-state index in [1.54, 1.807) is 0 Å². The van der Waals surface area contributed by atoms with Gasteiger partial charge in [0.2, 0.25) is 0 Å². The van der Waals surface area contributed by atoms with E-state index in [0.29, 0.717) is 31.2 Å². The molecule has 0 atom stereocenters. The quantitative estimate of drug-likeness (QED) is 0.861. The topological polar surface area (TPSA) is 32.5 Å². The summed E-state index contributed by atoms with van der Waals surface area (Å²) in [7, 11) is 0. The summed E-state index contributed by atoms with van der Waals surface area (Å²) in [5, 5.41) is 0. The van der Waals surface area contributed by atoms with Gasteiger partial charge in [-0.25, -0.2) is 0 Å². The predicted octanol–water partition coefficient (Wildman–Crippen LogP) is 2.00. The van der Waals surface area contributed by atoms with Crippen LogP contribution >= 0.6 is 12.2 Å². The Hall–Kier alpha value is -1.18. The van der Waals surface area contributed by atoms with E-state index in [0.717, 1.165) is 17.7 Å². The molecule has 0 bridgehead atoms. The average Bonchev–Trinajstić information content (AvgIpc) is 2.40. The lowest BCUT2D eigenvalue weighted by atomic mass is 10.1. The van der Waals surface area contributed by atoms with Crippen LogP contribution in [-0.2, 0) is 6.54 Å². The number of rotatable bonds is 4. The SMILES string of the molecule is NC(=S)c1ccc(CN2CCN(CC(F)(F)F)CC2)cc1. The molecule has 0 aromatic heterocycles. The molecular weight excluding hydrogens is 299 g/mol. The number of hydrogen-bond acceptors (Lipinski definition) is 3. The number of piperazine rings is 1. The van der Waals surface area contributed by atoms with Crippen molar-refractivity contribution in [1.29, 1.82) is 0 Å². The number of alkyl halides is 3. The minimum atomic E-state index is -4.11. The maximum Gasteiger partial charge on any atom is 0.401 e. The summed E-state index contributed by atoms with van der Waals surface area (Å²) >= 11 is 4.89. The molecule has 3 nitrogen and oxygen atoms in total. The number of hydrogen-bond donors (Lipinski definition) is 1. The first-order valence-electron chi connectivity index (χ1n) is 6.74. The molecule has 116 valence electrons. The van der Waals surface area contributed by atoms with Crippen LogP contribution in [0.25, 0.3) is 0 Å². The summed E-state index contributed by atoms with van der Waals surface area (Å²) in [6.07, 6.45) is -4.11. The van der Waals surface area contributed by atoms with Crippen LogP contribution in [0.5, 0.6) is 0 Å². The molecule has 1 aromatic carbocycles. The second kappa shape index (κ2) is 6.72. The summed E-state index contributed by atoms with van der Waals surface area (Å²) in [5.41, 5.74) is 7.47. The molecule has 0 radical (unpaired) electrons. The maximum absolute atomic E-state index is 12.3. The van der Waals surface area contributed by atoms with Gasteiger partial charge in [-0.1, -0.05) is 36.5 Å². The minimum absolute atomic E-state index is 0.363. The van der Waals surface area contributed by atoms with E-state index in [2.05, 4.69) is 4.90 Å². The molecular formula is C14H18F3N3S. The fourth-order valence-corrected chi connectivity index (χ4v) is 2.53. The van der Waals surface area contributed by atoms with Crippen LogP contribution in [-0.4, -0.2) is 53.7 Å². The molecule has 1 aliphatic heterocycles. The van der Waals surface area contributed by atoms with Crippen molar-refractivity contribution in [2.24, 2.45) is 5.73 Å². The lowest BCUT2D eigenvalue weighted by molar-refractivity contribution is -0.149. The van der Waals surface area contributed by atoms with Crippen molar-refractivity contribution in [1.82, 2.24) is 9.80 Å². The summed E-state index contributed by atoms with van der Waals surface area (Å²) in [4.78, 5) is 3.97. The van der Waals surface area contributed by atoms with E-state index in [1.807, 2.05) is 24.3 Å². The third-order valence-electron chi connectivity index (χ3n) is 3.51. The van der Waals surface area contributed by atoms with E-state index < -0.39 is 12.7 Å². The molecule has 1 heterocycles. The van der Waals surface area contributed by atoms with Crippen LogP contribution in [0.1, 0.15) is 11.1 Å². The van der Waals surface area contributed by atoms with E-state index in [1.165, 1.54) is 4.90 Å². The number of nitrogens with two attached hydrogens (primary N) is 1. The van der Waals surface area contributed by atoms with Gasteiger partial charge in [0.05, 0.1) is 6.54 Å². The molecule has 2 N–H and O–H groups in total. The van der Waals surface area contributed by atoms with Gasteiger partial charge in [0.25, 0.3) is 0 Å². The Morgan fingerprint density at radius 2 is 1.57 bits per heavy atom. The Kier molecular flexibility index (Phi) is 5.18. The number of thiocarbonyl (C=S) groups is 1. The van der Waals surface area contributed by atoms with Crippen LogP contribution in [0.15, 0.2) is 24.3 Å². The van der Waals surface area contributed by atoms with Crippen LogP contribution in [0, 0.1) is 0 Å². The fourth-order valence-electron chi connectivity index (χ4n) is 2.39. The average molecular weight is 317 g/mol. The summed E-state index contributed by atoms with van der Waals surface area (Å²) < 4.78 is 36.9. The Morgan fingerprint density at radius 3 is 2.05 bits per heavy atom. The highest BCUT2D eigenvalue weighted by atomic mass is 32.1. The van der Waals surface area contributed by atoms with Crippen LogP contribution in [0.3, 0.4) is 0 Å². The van der Waals surface area contributed by atoms with Gasteiger partial charge in [-0.3, -0.25) is 9.80 Å². The third-order valence-corrected chi connectivity index (χ3v) is 3.75. The second-order valence-corrected chi connectivity index (χ2v) is 5.67. The van der Waals surface area contributed by atoms with Gasteiger partial charge in [-0.05, 0) is 5.56 Å². The van der Waals surface area contributed by atoms with Crippen molar-refractivity contribution >= 4 is 17.2 Å². The van der Waals surface area contributed by atoms with Crippen molar-refractivity contribution in [3.63, 3.8) is 0 Å². The van der Waals surface area contributed by atoms with E-state index in [9.17, 15) is 13.2 Å². The molecule has 1 aromatic rings. The fraction of sp³-hybridized carbons (Fsp3) is 0.500. The van der Waals surface area contributed by atoms with Crippen molar-refractivity contribution in [2.75, 3.05) is 32.7 Å². The number of halogens is 3. The lowest BCUT2D eigenvalue weighted by Crippen LogP contribution is -2.48. The molecule has 0 unspecified atom stereocenters. The Morgan fingerprint density at radius 1 is 1.05 bits per heavy atom. The normalized spacial score (nSPS) is 17.9. The molecule has 1 aliphatic rings. The van der Waals surface area contributed by atoms with Crippen LogP contribution in [0.4, 0.5) is 13.2 Å². The van der Waals surface area contributed by atoms with Gasteiger partial charge in [-0.2, -0.15) is 13.2 Å². The molecule has 2 rings (SSSR count). The molecule has 1 fully saturated rings. The zero-order valence-corrected chi connectivity index (χ0v) is 12.4. The first kappa shape index (κ1) is 16.2. The Bertz CT molecular complexity index is 479. The second-order valence-electron chi connectivity index (χ2n) is 5.23. The van der Waals surface area contributed by atoms with E-state index in [-0.39, 0.29) is 0 Å². The third kappa shape index (κ3) is 5.26. The Labute approximate surface area is 127 Å². The van der Waals surface area contributed by atoms with Crippen molar-refractivity contribution in [3.8, 4) is 0 Å². The van der Waals surface area contributed by atoms with E-state index >= 15 is 0 Å². The lowest BCUT2D eigenvalue weighted by Gasteiger charge is -2.35. The van der Waals surface area contributed by atoms with Gasteiger partial charge in [0.15, 0.2) is 0 Å². The number of nitrogens with zero attached hydrogens (tertiary/aromatic N) is 2. The monoisotopic (exact) mass is 317 g/mol. The van der Waals surface area contributed by atoms with Crippen LogP contribution < -0.4 is 5.73 Å². The van der Waals surface area contributed by atoms with Crippen molar-refractivity contribution in [3.05, 3.63) is 35.4 Å². The first-order valence-corrected chi connectivity index (χ1v) is 7.14. The first-order chi connectivity index (χ1) is 9.83. The highest BCUT2D eigenvalue weighted by Gasteiger charge is 2.32. The van der Waals surface area contributed by atoms with Gasteiger partial charge >= 0.3 is 6.18 Å². The zero-order chi connectivity index (χ0) is 15.5. The van der Waals surface area contributed by atoms with Gasteiger partial charge in [0, 0.05) is 38.3 Å². The standard InChI is InChI=1S/C14H18F3N3S/c15-14(16,17)10-20-7-5-19(6-8-20)9-11-1-3-12(4-2-11)13(18)21/h1-4H,5-10H2,(H2,18,21). The molecule has 0 amide bonds. The van der Waals surface area contributed by atoms with Gasteiger partial charge in [-0.15, -0.1) is 0 Å². The summed E-state index contributed by atoms with van der Waals surface area (Å²) in [6, 6.07) is 7.66. The van der Waals surface area contributed by atoms with Crippen molar-refractivity contribution < 1.29 is 13.2 Å². The molecule has 0 saturated carbocycles. The highest BCUT2D eigenvalue weighted by molar-refractivity contribution is 7.80. The van der Waals surface area contributed by atoms with E-state index in [4.69, 9.17) is 18.0 Å². The minimum Gasteiger partial charge on any atom is -0.389 e. The molecule has 0 aliphatic carbocycles. The zero-order valence-electron chi connectivity index (χ0n) is 11.6. The summed E-state index contributed by atoms with van der Waals surface area (Å²) in [6.45, 7) is 2.11. The molecule has 21 heavy (non-hydrogen) atoms. The van der Waals surface area contributed by atoms with Crippen molar-refractivity contribution in [2.45, 2.75) is 12.7 Å². The molecule has 1 saturated heterocycles. The van der Waals surface area contributed by atoms with Gasteiger partial charge in [0.1, 0.15) is 4.99 Å². The molecule has 0 spiro atoms. The Balaban J connectivity index is 1.82. The highest BCUT2D eigenvalue weighted by Crippen LogP contribution is 2.18. The van der Waals surface area contributed by atoms with Crippen LogP contribution in [0.2, 0.25) is 0 Å². The maximum atomic E-state index is 12.3.